The van der Waals surface area contributed by atoms with Crippen LogP contribution in [0.5, 0.6) is 0 Å². The number of nitrogens with two attached hydrogens (primary N) is 1. The summed E-state index contributed by atoms with van der Waals surface area (Å²) in [6.45, 7) is 2.73. The van der Waals surface area contributed by atoms with Gasteiger partial charge in [-0.15, -0.1) is 0 Å². The zero-order valence-electron chi connectivity index (χ0n) is 18.8. The fraction of sp³-hybridized carbons (Fsp3) is 0.280. The summed E-state index contributed by atoms with van der Waals surface area (Å²) in [7, 11) is 1.62. The van der Waals surface area contributed by atoms with Crippen molar-refractivity contribution in [1.29, 1.82) is 0 Å². The fourth-order valence-electron chi connectivity index (χ4n) is 4.46. The second-order valence-electron chi connectivity index (χ2n) is 8.48. The maximum atomic E-state index is 13.4. The van der Waals surface area contributed by atoms with Gasteiger partial charge in [0.25, 0.3) is 0 Å². The molecule has 1 aliphatic rings. The summed E-state index contributed by atoms with van der Waals surface area (Å²) in [5.41, 5.74) is 8.61. The van der Waals surface area contributed by atoms with Gasteiger partial charge in [0.1, 0.15) is 18.2 Å². The number of hydrogen-bond donors (Lipinski definition) is 1. The molecule has 0 spiro atoms. The Balaban J connectivity index is 1.33. The molecule has 1 aliphatic heterocycles. The van der Waals surface area contributed by atoms with E-state index in [9.17, 15) is 4.79 Å². The summed E-state index contributed by atoms with van der Waals surface area (Å²) in [6.07, 6.45) is 3.28. The van der Waals surface area contributed by atoms with Gasteiger partial charge in [0.15, 0.2) is 0 Å². The van der Waals surface area contributed by atoms with Crippen molar-refractivity contribution >= 4 is 45.0 Å². The largest absolute Gasteiger partial charge is 0.383 e. The zero-order chi connectivity index (χ0) is 23.7. The molecule has 0 saturated carbocycles. The number of carbonyl (C=O) groups is 1. The Bertz CT molecular complexity index is 1360. The molecule has 2 N–H and O–H groups in total. The average Bonchev–Trinajstić information content (AvgIpc) is 2.83. The first-order chi connectivity index (χ1) is 16.5. The highest BCUT2D eigenvalue weighted by Gasteiger charge is 2.35. The Morgan fingerprint density at radius 3 is 2.79 bits per heavy atom. The zero-order valence-corrected chi connectivity index (χ0v) is 19.6. The molecule has 1 amide bonds. The van der Waals surface area contributed by atoms with Gasteiger partial charge in [-0.1, -0.05) is 23.7 Å². The molecule has 4 aromatic rings. The number of aromatic nitrogens is 3. The molecule has 2 aromatic heterocycles. The van der Waals surface area contributed by atoms with Crippen molar-refractivity contribution in [2.45, 2.75) is 19.1 Å². The van der Waals surface area contributed by atoms with E-state index in [1.165, 1.54) is 6.33 Å². The number of methoxy groups -OCH3 is 1. The number of fused-ring (bicyclic) bond motifs is 2. The van der Waals surface area contributed by atoms with Gasteiger partial charge in [-0.3, -0.25) is 14.7 Å². The van der Waals surface area contributed by atoms with Gasteiger partial charge in [0.05, 0.1) is 17.8 Å². The Labute approximate surface area is 202 Å². The first kappa shape index (κ1) is 22.5. The lowest BCUT2D eigenvalue weighted by Crippen LogP contribution is -2.57. The molecular weight excluding hydrogens is 452 g/mol. The van der Waals surface area contributed by atoms with Gasteiger partial charge in [-0.25, -0.2) is 9.97 Å². The van der Waals surface area contributed by atoms with Gasteiger partial charge >= 0.3 is 0 Å². The van der Waals surface area contributed by atoms with Crippen molar-refractivity contribution in [2.24, 2.45) is 0 Å². The van der Waals surface area contributed by atoms with Gasteiger partial charge in [0.2, 0.25) is 5.91 Å². The minimum atomic E-state index is -0.375. The minimum Gasteiger partial charge on any atom is -0.383 e. The van der Waals surface area contributed by atoms with Gasteiger partial charge in [-0.2, -0.15) is 0 Å². The lowest BCUT2D eigenvalue weighted by atomic mass is 10.1. The molecule has 0 radical (unpaired) electrons. The van der Waals surface area contributed by atoms with E-state index in [4.69, 9.17) is 22.1 Å². The number of nitrogen functional groups attached to an aromatic ring is 1. The van der Waals surface area contributed by atoms with Crippen molar-refractivity contribution < 1.29 is 9.53 Å². The van der Waals surface area contributed by atoms with Crippen LogP contribution >= 0.6 is 11.6 Å². The first-order valence-electron chi connectivity index (χ1n) is 11.1. The number of pyridine rings is 1. The number of rotatable bonds is 6. The van der Waals surface area contributed by atoms with Crippen LogP contribution in [0.15, 0.2) is 55.0 Å². The van der Waals surface area contributed by atoms with Crippen molar-refractivity contribution in [3.63, 3.8) is 0 Å². The summed E-state index contributed by atoms with van der Waals surface area (Å²) < 4.78 is 5.42. The highest BCUT2D eigenvalue weighted by atomic mass is 35.5. The standard InChI is InChI=1S/C25H25ClN6O2/c1-34-14-23-25(33)32(12-16-2-5-21-22(8-16)29-15-30-24(21)27)7-6-31(23)13-20-10-17-3-4-19(26)9-18(17)11-28-20/h2-5,8-11,15,23H,6-7,12-14H2,1H3,(H2,27,29,30). The van der Waals surface area contributed by atoms with Crippen LogP contribution in [-0.4, -0.2) is 63.5 Å². The van der Waals surface area contributed by atoms with E-state index in [1.807, 2.05) is 47.5 Å². The van der Waals surface area contributed by atoms with E-state index in [0.717, 1.165) is 39.5 Å². The van der Waals surface area contributed by atoms with Crippen molar-refractivity contribution in [3.05, 3.63) is 71.3 Å². The van der Waals surface area contributed by atoms with Crippen LogP contribution in [0.25, 0.3) is 21.7 Å². The highest BCUT2D eigenvalue weighted by molar-refractivity contribution is 6.31. The second-order valence-corrected chi connectivity index (χ2v) is 8.92. The third-order valence-electron chi connectivity index (χ3n) is 6.23. The second kappa shape index (κ2) is 9.50. The summed E-state index contributed by atoms with van der Waals surface area (Å²) >= 11 is 6.09. The maximum absolute atomic E-state index is 13.4. The van der Waals surface area contributed by atoms with Crippen LogP contribution in [0, 0.1) is 0 Å². The predicted molar refractivity (Wildman–Crippen MR) is 132 cm³/mol. The summed E-state index contributed by atoms with van der Waals surface area (Å²) in [6, 6.07) is 13.3. The number of carbonyl (C=O) groups excluding carboxylic acids is 1. The molecule has 5 rings (SSSR count). The van der Waals surface area contributed by atoms with Crippen LogP contribution in [0.2, 0.25) is 5.02 Å². The number of halogens is 1. The molecule has 0 bridgehead atoms. The normalized spacial score (nSPS) is 17.1. The molecule has 174 valence electrons. The molecular formula is C25H25ClN6O2. The van der Waals surface area contributed by atoms with Crippen LogP contribution in [0.1, 0.15) is 11.3 Å². The SMILES string of the molecule is COCC1C(=O)N(Cc2ccc3c(N)ncnc3c2)CCN1Cc1cc2ccc(Cl)cc2cn1. The third-order valence-corrected chi connectivity index (χ3v) is 6.46. The average molecular weight is 477 g/mol. The van der Waals surface area contributed by atoms with Crippen molar-refractivity contribution in [3.8, 4) is 0 Å². The Morgan fingerprint density at radius 2 is 1.94 bits per heavy atom. The van der Waals surface area contributed by atoms with E-state index in [1.54, 1.807) is 7.11 Å². The molecule has 2 aromatic carbocycles. The van der Waals surface area contributed by atoms with E-state index < -0.39 is 0 Å². The Morgan fingerprint density at radius 1 is 1.06 bits per heavy atom. The first-order valence-corrected chi connectivity index (χ1v) is 11.4. The molecule has 1 atom stereocenters. The lowest BCUT2D eigenvalue weighted by Gasteiger charge is -2.40. The van der Waals surface area contributed by atoms with Crippen molar-refractivity contribution in [1.82, 2.24) is 24.8 Å². The quantitative estimate of drug-likeness (QED) is 0.456. The monoisotopic (exact) mass is 476 g/mol. The number of amides is 1. The fourth-order valence-corrected chi connectivity index (χ4v) is 4.64. The number of ether oxygens (including phenoxy) is 1. The highest BCUT2D eigenvalue weighted by Crippen LogP contribution is 2.23. The molecule has 9 heteroatoms. The number of nitrogens with zero attached hydrogens (tertiary/aromatic N) is 5. The Hall–Kier alpha value is -3.33. The molecule has 1 fully saturated rings. The van der Waals surface area contributed by atoms with Gasteiger partial charge in [-0.05, 0) is 41.3 Å². The minimum absolute atomic E-state index is 0.0444. The smallest absolute Gasteiger partial charge is 0.242 e. The summed E-state index contributed by atoms with van der Waals surface area (Å²) in [5, 5.41) is 3.56. The van der Waals surface area contributed by atoms with Crippen molar-refractivity contribution in [2.75, 3.05) is 32.5 Å². The molecule has 1 saturated heterocycles. The molecule has 1 unspecified atom stereocenters. The lowest BCUT2D eigenvalue weighted by molar-refractivity contribution is -0.145. The number of piperazine rings is 1. The number of anilines is 1. The van der Waals surface area contributed by atoms with Gasteiger partial charge in [0, 0.05) is 55.3 Å². The number of benzene rings is 2. The van der Waals surface area contributed by atoms with Crippen LogP contribution < -0.4 is 5.73 Å². The van der Waals surface area contributed by atoms with Crippen LogP contribution in [-0.2, 0) is 22.6 Å². The molecule has 0 aliphatic carbocycles. The predicted octanol–water partition coefficient (Wildman–Crippen LogP) is 3.27. The van der Waals surface area contributed by atoms with E-state index in [2.05, 4.69) is 25.9 Å². The van der Waals surface area contributed by atoms with Crippen LogP contribution in [0.3, 0.4) is 0 Å². The third kappa shape index (κ3) is 4.52. The summed E-state index contributed by atoms with van der Waals surface area (Å²) in [5.74, 6) is 0.495. The Kier molecular flexibility index (Phi) is 6.28. The topological polar surface area (TPSA) is 97.5 Å². The van der Waals surface area contributed by atoms with Crippen LogP contribution in [0.4, 0.5) is 5.82 Å². The molecule has 34 heavy (non-hydrogen) atoms. The molecule has 8 nitrogen and oxygen atoms in total. The molecule has 3 heterocycles. The number of hydrogen-bond acceptors (Lipinski definition) is 7. The summed E-state index contributed by atoms with van der Waals surface area (Å²) in [4.78, 5) is 30.4. The van der Waals surface area contributed by atoms with E-state index in [0.29, 0.717) is 37.1 Å². The van der Waals surface area contributed by atoms with Gasteiger partial charge < -0.3 is 15.4 Å². The van der Waals surface area contributed by atoms with E-state index in [-0.39, 0.29) is 11.9 Å². The maximum Gasteiger partial charge on any atom is 0.242 e. The van der Waals surface area contributed by atoms with E-state index >= 15 is 0 Å².